The highest BCUT2D eigenvalue weighted by Crippen LogP contribution is 2.33. The number of aliphatic imine (C=N–C) groups is 1. The number of benzene rings is 1. The summed E-state index contributed by atoms with van der Waals surface area (Å²) >= 11 is 0. The molecular weight excluding hydrogens is 292 g/mol. The Kier molecular flexibility index (Phi) is 8.03. The third-order valence-electron chi connectivity index (χ3n) is 2.66. The predicted octanol–water partition coefficient (Wildman–Crippen LogP) is 2.76. The molecular formula is C15H23F2N3O2. The van der Waals surface area contributed by atoms with Crippen molar-refractivity contribution < 1.29 is 18.3 Å². The van der Waals surface area contributed by atoms with Gasteiger partial charge in [0.25, 0.3) is 0 Å². The average molecular weight is 315 g/mol. The molecule has 1 aromatic rings. The summed E-state index contributed by atoms with van der Waals surface area (Å²) in [6.07, 6.45) is 0. The van der Waals surface area contributed by atoms with Crippen LogP contribution in [0, 0.1) is 0 Å². The van der Waals surface area contributed by atoms with Crippen molar-refractivity contribution in [2.24, 2.45) is 4.99 Å². The number of rotatable bonds is 8. The average Bonchev–Trinajstić information content (AvgIpc) is 2.47. The van der Waals surface area contributed by atoms with Gasteiger partial charge >= 0.3 is 6.61 Å². The van der Waals surface area contributed by atoms with Crippen LogP contribution in [0.1, 0.15) is 26.3 Å². The van der Waals surface area contributed by atoms with E-state index in [9.17, 15) is 8.78 Å². The van der Waals surface area contributed by atoms with Crippen molar-refractivity contribution in [2.75, 3.05) is 19.7 Å². The highest BCUT2D eigenvalue weighted by molar-refractivity contribution is 5.79. The first kappa shape index (κ1) is 18.0. The number of halogens is 2. The summed E-state index contributed by atoms with van der Waals surface area (Å²) in [7, 11) is 0. The summed E-state index contributed by atoms with van der Waals surface area (Å²) in [5, 5.41) is 6.14. The van der Waals surface area contributed by atoms with Crippen LogP contribution < -0.4 is 20.1 Å². The fourth-order valence-electron chi connectivity index (χ4n) is 1.85. The molecule has 124 valence electrons. The molecule has 0 aromatic heterocycles. The Bertz CT molecular complexity index is 474. The maximum atomic E-state index is 12.6. The normalized spacial score (nSPS) is 10.3. The molecule has 0 bridgehead atoms. The van der Waals surface area contributed by atoms with Gasteiger partial charge in [-0.1, -0.05) is 12.1 Å². The van der Waals surface area contributed by atoms with Gasteiger partial charge in [0, 0.05) is 18.7 Å². The maximum Gasteiger partial charge on any atom is 0.387 e. The molecule has 0 unspecified atom stereocenters. The number of hydrogen-bond acceptors (Lipinski definition) is 3. The summed E-state index contributed by atoms with van der Waals surface area (Å²) in [4.78, 5) is 4.36. The Hall–Kier alpha value is -2.05. The molecule has 2 N–H and O–H groups in total. The molecule has 0 fully saturated rings. The topological polar surface area (TPSA) is 54.9 Å². The van der Waals surface area contributed by atoms with Crippen molar-refractivity contribution in [1.29, 1.82) is 0 Å². The van der Waals surface area contributed by atoms with E-state index in [-0.39, 0.29) is 12.3 Å². The van der Waals surface area contributed by atoms with Gasteiger partial charge in [-0.2, -0.15) is 8.78 Å². The lowest BCUT2D eigenvalue weighted by molar-refractivity contribution is -0.0520. The molecule has 0 aliphatic heterocycles. The molecule has 0 atom stereocenters. The zero-order chi connectivity index (χ0) is 16.4. The molecule has 22 heavy (non-hydrogen) atoms. The highest BCUT2D eigenvalue weighted by Gasteiger charge is 2.15. The number of para-hydroxylation sites is 1. The summed E-state index contributed by atoms with van der Waals surface area (Å²) in [6.45, 7) is 4.78. The van der Waals surface area contributed by atoms with Crippen LogP contribution in [0.15, 0.2) is 23.2 Å². The molecule has 0 radical (unpaired) electrons. The van der Waals surface area contributed by atoms with Gasteiger partial charge < -0.3 is 20.1 Å². The number of nitrogens with one attached hydrogen (secondary N) is 2. The maximum absolute atomic E-state index is 12.6. The van der Waals surface area contributed by atoms with Crippen molar-refractivity contribution in [3.05, 3.63) is 23.8 Å². The van der Waals surface area contributed by atoms with Crippen LogP contribution in [0.4, 0.5) is 8.78 Å². The van der Waals surface area contributed by atoms with Crippen LogP contribution in [0.3, 0.4) is 0 Å². The van der Waals surface area contributed by atoms with Crippen molar-refractivity contribution in [1.82, 2.24) is 10.6 Å². The second-order valence-electron chi connectivity index (χ2n) is 4.28. The van der Waals surface area contributed by atoms with Gasteiger partial charge in [0.1, 0.15) is 0 Å². The van der Waals surface area contributed by atoms with Crippen LogP contribution in [0.5, 0.6) is 11.5 Å². The molecule has 1 aromatic carbocycles. The van der Waals surface area contributed by atoms with E-state index in [0.29, 0.717) is 37.0 Å². The largest absolute Gasteiger partial charge is 0.490 e. The third kappa shape index (κ3) is 5.75. The van der Waals surface area contributed by atoms with E-state index in [4.69, 9.17) is 4.74 Å². The quantitative estimate of drug-likeness (QED) is 0.572. The smallest absolute Gasteiger partial charge is 0.387 e. The minimum absolute atomic E-state index is 0.0375. The van der Waals surface area contributed by atoms with E-state index in [1.54, 1.807) is 25.1 Å². The SMILES string of the molecule is CCNC(=NCc1cccc(OCC)c1OC(F)F)NCC. The van der Waals surface area contributed by atoms with Crippen LogP contribution in [0.25, 0.3) is 0 Å². The van der Waals surface area contributed by atoms with Crippen LogP contribution in [-0.4, -0.2) is 32.3 Å². The Balaban J connectivity index is 3.00. The molecule has 0 saturated heterocycles. The predicted molar refractivity (Wildman–Crippen MR) is 82.7 cm³/mol. The van der Waals surface area contributed by atoms with Crippen molar-refractivity contribution in [3.8, 4) is 11.5 Å². The number of ether oxygens (including phenoxy) is 2. The Morgan fingerprint density at radius 2 is 1.86 bits per heavy atom. The zero-order valence-corrected chi connectivity index (χ0v) is 13.2. The van der Waals surface area contributed by atoms with Crippen LogP contribution in [0.2, 0.25) is 0 Å². The molecule has 0 aliphatic carbocycles. The Morgan fingerprint density at radius 1 is 1.18 bits per heavy atom. The summed E-state index contributed by atoms with van der Waals surface area (Å²) in [5.41, 5.74) is 0.541. The van der Waals surface area contributed by atoms with Crippen molar-refractivity contribution in [2.45, 2.75) is 33.9 Å². The third-order valence-corrected chi connectivity index (χ3v) is 2.66. The van der Waals surface area contributed by atoms with E-state index < -0.39 is 6.61 Å². The van der Waals surface area contributed by atoms with E-state index in [2.05, 4.69) is 20.4 Å². The standard InChI is InChI=1S/C15H23F2N3O2/c1-4-18-15(19-5-2)20-10-11-8-7-9-12(21-6-3)13(11)22-14(16)17/h7-9,14H,4-6,10H2,1-3H3,(H2,18,19,20). The summed E-state index contributed by atoms with van der Waals surface area (Å²) in [5.74, 6) is 0.953. The van der Waals surface area contributed by atoms with E-state index in [1.807, 2.05) is 13.8 Å². The highest BCUT2D eigenvalue weighted by atomic mass is 19.3. The summed E-state index contributed by atoms with van der Waals surface area (Å²) < 4.78 is 35.2. The van der Waals surface area contributed by atoms with Crippen LogP contribution >= 0.6 is 0 Å². The van der Waals surface area contributed by atoms with Gasteiger partial charge in [-0.3, -0.25) is 0 Å². The summed E-state index contributed by atoms with van der Waals surface area (Å²) in [6, 6.07) is 5.03. The first-order valence-corrected chi connectivity index (χ1v) is 7.33. The molecule has 0 amide bonds. The van der Waals surface area contributed by atoms with Gasteiger partial charge in [-0.15, -0.1) is 0 Å². The first-order chi connectivity index (χ1) is 10.6. The molecule has 0 spiro atoms. The lowest BCUT2D eigenvalue weighted by Crippen LogP contribution is -2.37. The van der Waals surface area contributed by atoms with Crippen molar-refractivity contribution in [3.63, 3.8) is 0 Å². The van der Waals surface area contributed by atoms with Gasteiger partial charge in [0.15, 0.2) is 17.5 Å². The lowest BCUT2D eigenvalue weighted by Gasteiger charge is -2.15. The molecule has 0 heterocycles. The molecule has 7 heteroatoms. The number of alkyl halides is 2. The second-order valence-corrected chi connectivity index (χ2v) is 4.28. The molecule has 0 saturated carbocycles. The molecule has 1 rings (SSSR count). The monoisotopic (exact) mass is 315 g/mol. The van der Waals surface area contributed by atoms with Gasteiger partial charge in [0.05, 0.1) is 13.2 Å². The van der Waals surface area contributed by atoms with E-state index in [0.717, 1.165) is 0 Å². The van der Waals surface area contributed by atoms with E-state index in [1.165, 1.54) is 0 Å². The number of guanidine groups is 1. The number of hydrogen-bond donors (Lipinski definition) is 2. The first-order valence-electron chi connectivity index (χ1n) is 7.33. The van der Waals surface area contributed by atoms with Gasteiger partial charge in [-0.25, -0.2) is 4.99 Å². The fraction of sp³-hybridized carbons (Fsp3) is 0.533. The van der Waals surface area contributed by atoms with Gasteiger partial charge in [0.2, 0.25) is 0 Å². The zero-order valence-electron chi connectivity index (χ0n) is 13.2. The van der Waals surface area contributed by atoms with Crippen molar-refractivity contribution >= 4 is 5.96 Å². The lowest BCUT2D eigenvalue weighted by atomic mass is 10.2. The molecule has 0 aliphatic rings. The van der Waals surface area contributed by atoms with Crippen LogP contribution in [-0.2, 0) is 6.54 Å². The molecule has 5 nitrogen and oxygen atoms in total. The Morgan fingerprint density at radius 3 is 2.41 bits per heavy atom. The van der Waals surface area contributed by atoms with Gasteiger partial charge in [-0.05, 0) is 26.8 Å². The minimum Gasteiger partial charge on any atom is -0.490 e. The Labute approximate surface area is 129 Å². The number of nitrogens with zero attached hydrogens (tertiary/aromatic N) is 1. The van der Waals surface area contributed by atoms with E-state index >= 15 is 0 Å². The minimum atomic E-state index is -2.91. The fourth-order valence-corrected chi connectivity index (χ4v) is 1.85. The second kappa shape index (κ2) is 9.81.